The lowest BCUT2D eigenvalue weighted by Gasteiger charge is -2.18. The number of benzene rings is 1. The number of halogens is 1. The van der Waals surface area contributed by atoms with Gasteiger partial charge in [0.1, 0.15) is 11.6 Å². The smallest absolute Gasteiger partial charge is 0.311 e. The average Bonchev–Trinajstić information content (AvgIpc) is 3.09. The van der Waals surface area contributed by atoms with Crippen LogP contribution in [0.15, 0.2) is 29.1 Å². The van der Waals surface area contributed by atoms with E-state index in [1.165, 1.54) is 47.9 Å². The number of rotatable bonds is 8. The number of fused-ring (bicyclic) bond motifs is 1. The van der Waals surface area contributed by atoms with Gasteiger partial charge in [-0.05, 0) is 36.5 Å². The number of amides is 3. The van der Waals surface area contributed by atoms with Crippen LogP contribution in [0.1, 0.15) is 34.7 Å². The van der Waals surface area contributed by atoms with E-state index < -0.39 is 34.8 Å². The molecule has 1 aliphatic heterocycles. The van der Waals surface area contributed by atoms with Gasteiger partial charge in [-0.1, -0.05) is 12.1 Å². The van der Waals surface area contributed by atoms with Crippen LogP contribution < -0.4 is 16.2 Å². The molecule has 3 amide bonds. The number of carbonyl (C=O) groups excluding carboxylic acids is 3. The summed E-state index contributed by atoms with van der Waals surface area (Å²) in [5.41, 5.74) is -0.444. The zero-order chi connectivity index (χ0) is 26.2. The second-order valence-corrected chi connectivity index (χ2v) is 8.61. The summed E-state index contributed by atoms with van der Waals surface area (Å²) in [5, 5.41) is 15.6. The molecule has 0 spiro atoms. The highest BCUT2D eigenvalue weighted by molar-refractivity contribution is 6.34. The van der Waals surface area contributed by atoms with Crippen LogP contribution in [0.3, 0.4) is 0 Å². The van der Waals surface area contributed by atoms with E-state index in [9.17, 15) is 28.7 Å². The molecule has 12 heteroatoms. The Kier molecular flexibility index (Phi) is 9.12. The number of aromatic hydroxyl groups is 1. The van der Waals surface area contributed by atoms with Crippen molar-refractivity contribution in [3.63, 3.8) is 0 Å². The Morgan fingerprint density at radius 3 is 2.64 bits per heavy atom. The van der Waals surface area contributed by atoms with Crippen molar-refractivity contribution >= 4 is 17.7 Å². The molecule has 0 saturated carbocycles. The predicted octanol–water partition coefficient (Wildman–Crippen LogP) is 0.192. The molecule has 0 fully saturated rings. The number of nitrogens with one attached hydrogen (secondary N) is 2. The van der Waals surface area contributed by atoms with E-state index in [1.807, 2.05) is 0 Å². The maximum Gasteiger partial charge on any atom is 0.311 e. The van der Waals surface area contributed by atoms with Crippen LogP contribution in [0.5, 0.6) is 5.75 Å². The molecule has 0 saturated heterocycles. The molecule has 1 aromatic carbocycles. The summed E-state index contributed by atoms with van der Waals surface area (Å²) < 4.78 is 19.3. The summed E-state index contributed by atoms with van der Waals surface area (Å²) in [6.45, 7) is 1.16. The van der Waals surface area contributed by atoms with E-state index in [4.69, 9.17) is 4.74 Å². The first-order chi connectivity index (χ1) is 17.2. The fraction of sp³-hybridized carbons (Fsp3) is 0.458. The van der Waals surface area contributed by atoms with Crippen molar-refractivity contribution in [1.82, 2.24) is 25.1 Å². The standard InChI is InChI=1S/C24H30FN5O6/c1-29(11-12-36-2)24(35)22(33)27-14-16-5-8-18-28-19(20(31)23(34)30(18)10-9-16)21(32)26-13-15-3-6-17(25)7-4-15/h3-4,6-7,16,31H,5,8-14H2,1-2H3,(H,26,32)(H,27,33). The number of carbonyl (C=O) groups is 3. The number of aromatic nitrogens is 2. The summed E-state index contributed by atoms with van der Waals surface area (Å²) in [6, 6.07) is 5.55. The third kappa shape index (κ3) is 6.66. The normalized spacial score (nSPS) is 14.9. The van der Waals surface area contributed by atoms with E-state index >= 15 is 0 Å². The van der Waals surface area contributed by atoms with Gasteiger partial charge < -0.3 is 25.4 Å². The minimum absolute atomic E-state index is 0.0370. The molecule has 3 N–H and O–H groups in total. The Morgan fingerprint density at radius 2 is 1.94 bits per heavy atom. The van der Waals surface area contributed by atoms with Crippen LogP contribution in [0, 0.1) is 11.7 Å². The molecule has 2 heterocycles. The molecular weight excluding hydrogens is 473 g/mol. The summed E-state index contributed by atoms with van der Waals surface area (Å²) in [6.07, 6.45) is 1.41. The van der Waals surface area contributed by atoms with Crippen LogP contribution in [0.25, 0.3) is 0 Å². The van der Waals surface area contributed by atoms with Crippen molar-refractivity contribution in [2.45, 2.75) is 32.4 Å². The maximum absolute atomic E-state index is 13.1. The van der Waals surface area contributed by atoms with Gasteiger partial charge in [0, 0.05) is 46.8 Å². The van der Waals surface area contributed by atoms with Gasteiger partial charge in [0.25, 0.3) is 11.5 Å². The van der Waals surface area contributed by atoms with E-state index in [-0.39, 0.29) is 31.2 Å². The van der Waals surface area contributed by atoms with Crippen molar-refractivity contribution in [3.8, 4) is 5.75 Å². The molecule has 0 radical (unpaired) electrons. The number of hydrogen-bond donors (Lipinski definition) is 3. The van der Waals surface area contributed by atoms with Gasteiger partial charge in [0.2, 0.25) is 5.75 Å². The van der Waals surface area contributed by atoms with Crippen molar-refractivity contribution in [3.05, 3.63) is 57.5 Å². The van der Waals surface area contributed by atoms with E-state index in [0.717, 1.165) is 0 Å². The Morgan fingerprint density at radius 1 is 1.22 bits per heavy atom. The predicted molar refractivity (Wildman–Crippen MR) is 127 cm³/mol. The Bertz CT molecular complexity index is 1170. The minimum Gasteiger partial charge on any atom is -0.501 e. The second-order valence-electron chi connectivity index (χ2n) is 8.61. The molecule has 36 heavy (non-hydrogen) atoms. The number of nitrogens with zero attached hydrogens (tertiary/aromatic N) is 3. The zero-order valence-corrected chi connectivity index (χ0v) is 20.3. The lowest BCUT2D eigenvalue weighted by Crippen LogP contribution is -2.43. The van der Waals surface area contributed by atoms with E-state index in [0.29, 0.717) is 43.8 Å². The summed E-state index contributed by atoms with van der Waals surface area (Å²) in [5.74, 6) is -2.93. The monoisotopic (exact) mass is 503 g/mol. The molecule has 0 bridgehead atoms. The molecule has 1 unspecified atom stereocenters. The average molecular weight is 504 g/mol. The highest BCUT2D eigenvalue weighted by Crippen LogP contribution is 2.20. The first-order valence-electron chi connectivity index (χ1n) is 11.6. The molecular formula is C24H30FN5O6. The van der Waals surface area contributed by atoms with Crippen LogP contribution >= 0.6 is 0 Å². The quantitative estimate of drug-likeness (QED) is 0.437. The molecule has 3 rings (SSSR count). The Hall–Kier alpha value is -3.80. The zero-order valence-electron chi connectivity index (χ0n) is 20.3. The molecule has 11 nitrogen and oxygen atoms in total. The topological polar surface area (TPSA) is 143 Å². The second kappa shape index (κ2) is 12.2. The number of hydrogen-bond acceptors (Lipinski definition) is 7. The molecule has 0 aliphatic carbocycles. The van der Waals surface area contributed by atoms with Crippen LogP contribution in [-0.4, -0.2) is 71.1 Å². The number of methoxy groups -OCH3 is 1. The third-order valence-corrected chi connectivity index (χ3v) is 6.07. The molecule has 1 aromatic heterocycles. The number of likely N-dealkylation sites (N-methyl/N-ethyl adjacent to an activating group) is 1. The maximum atomic E-state index is 13.1. The lowest BCUT2D eigenvalue weighted by atomic mass is 10.0. The highest BCUT2D eigenvalue weighted by atomic mass is 19.1. The van der Waals surface area contributed by atoms with Crippen molar-refractivity contribution in [2.24, 2.45) is 5.92 Å². The lowest BCUT2D eigenvalue weighted by molar-refractivity contribution is -0.145. The van der Waals surface area contributed by atoms with Gasteiger partial charge in [-0.3, -0.25) is 23.7 Å². The van der Waals surface area contributed by atoms with Gasteiger partial charge in [0.05, 0.1) is 6.61 Å². The van der Waals surface area contributed by atoms with Crippen LogP contribution in [0.4, 0.5) is 4.39 Å². The number of aryl methyl sites for hydroxylation is 1. The Balaban J connectivity index is 1.61. The third-order valence-electron chi connectivity index (χ3n) is 6.07. The summed E-state index contributed by atoms with van der Waals surface area (Å²) >= 11 is 0. The van der Waals surface area contributed by atoms with Crippen molar-refractivity contribution in [1.29, 1.82) is 0 Å². The molecule has 1 aliphatic rings. The summed E-state index contributed by atoms with van der Waals surface area (Å²) in [7, 11) is 3.02. The van der Waals surface area contributed by atoms with Gasteiger partial charge in [0.15, 0.2) is 5.69 Å². The summed E-state index contributed by atoms with van der Waals surface area (Å²) in [4.78, 5) is 55.2. The fourth-order valence-corrected chi connectivity index (χ4v) is 3.85. The Labute approximate surface area is 207 Å². The molecule has 1 atom stereocenters. The largest absolute Gasteiger partial charge is 0.501 e. The first kappa shape index (κ1) is 26.8. The van der Waals surface area contributed by atoms with Crippen LogP contribution in [0.2, 0.25) is 0 Å². The molecule has 2 aromatic rings. The van der Waals surface area contributed by atoms with Gasteiger partial charge >= 0.3 is 11.8 Å². The van der Waals surface area contributed by atoms with E-state index in [2.05, 4.69) is 15.6 Å². The van der Waals surface area contributed by atoms with Crippen molar-refractivity contribution < 1.29 is 28.6 Å². The molecule has 194 valence electrons. The highest BCUT2D eigenvalue weighted by Gasteiger charge is 2.26. The first-order valence-corrected chi connectivity index (χ1v) is 11.6. The van der Waals surface area contributed by atoms with Crippen molar-refractivity contribution in [2.75, 3.05) is 33.9 Å². The van der Waals surface area contributed by atoms with Gasteiger partial charge in [-0.15, -0.1) is 0 Å². The van der Waals surface area contributed by atoms with Crippen LogP contribution in [-0.2, 0) is 33.8 Å². The number of ether oxygens (including phenoxy) is 1. The fourth-order valence-electron chi connectivity index (χ4n) is 3.85. The minimum atomic E-state index is -0.744. The SMILES string of the molecule is COCCN(C)C(=O)C(=O)NCC1CCc2nc(C(=O)NCc3ccc(F)cc3)c(O)c(=O)n2CC1. The van der Waals surface area contributed by atoms with Gasteiger partial charge in [-0.2, -0.15) is 0 Å². The van der Waals surface area contributed by atoms with Gasteiger partial charge in [-0.25, -0.2) is 9.37 Å². The van der Waals surface area contributed by atoms with E-state index in [1.54, 1.807) is 0 Å².